The van der Waals surface area contributed by atoms with E-state index in [0.29, 0.717) is 30.3 Å². The lowest BCUT2D eigenvalue weighted by Crippen LogP contribution is -2.29. The summed E-state index contributed by atoms with van der Waals surface area (Å²) in [6, 6.07) is 5.21. The topological polar surface area (TPSA) is 156 Å². The van der Waals surface area contributed by atoms with Gasteiger partial charge in [-0.2, -0.15) is 0 Å². The highest BCUT2D eigenvalue weighted by Gasteiger charge is 2.32. The summed E-state index contributed by atoms with van der Waals surface area (Å²) >= 11 is 0. The molecule has 0 saturated heterocycles. The van der Waals surface area contributed by atoms with Crippen molar-refractivity contribution >= 4 is 17.5 Å². The molecule has 4 aromatic heterocycles. The van der Waals surface area contributed by atoms with Crippen LogP contribution in [0.5, 0.6) is 5.75 Å². The summed E-state index contributed by atoms with van der Waals surface area (Å²) in [5.41, 5.74) is 3.47. The van der Waals surface area contributed by atoms with Crippen molar-refractivity contribution in [2.45, 2.75) is 59.0 Å². The van der Waals surface area contributed by atoms with Gasteiger partial charge in [0.15, 0.2) is 17.3 Å². The maximum atomic E-state index is 15.2. The number of carbonyl (C=O) groups excluding carboxylic acids is 2. The number of imidazole rings is 1. The molecule has 45 heavy (non-hydrogen) atoms. The molecule has 6 rings (SSSR count). The molecule has 1 saturated carbocycles. The van der Waals surface area contributed by atoms with Crippen LogP contribution in [0.3, 0.4) is 0 Å². The van der Waals surface area contributed by atoms with Crippen molar-refractivity contribution < 1.29 is 23.5 Å². The second-order valence-electron chi connectivity index (χ2n) is 11.6. The molecule has 1 aliphatic rings. The number of hydrogen-bond donors (Lipinski definition) is 1. The van der Waals surface area contributed by atoms with Crippen molar-refractivity contribution in [2.75, 3.05) is 13.7 Å². The minimum atomic E-state index is -0.723. The van der Waals surface area contributed by atoms with Crippen molar-refractivity contribution in [3.63, 3.8) is 0 Å². The number of pyridine rings is 1. The van der Waals surface area contributed by atoms with Crippen molar-refractivity contribution in [2.24, 2.45) is 5.41 Å². The number of amides is 1. The third kappa shape index (κ3) is 6.23. The van der Waals surface area contributed by atoms with E-state index in [9.17, 15) is 9.59 Å². The number of aromatic nitrogens is 9. The van der Waals surface area contributed by atoms with E-state index in [1.165, 1.54) is 40.6 Å². The summed E-state index contributed by atoms with van der Waals surface area (Å²) in [5, 5.41) is 21.8. The van der Waals surface area contributed by atoms with Crippen molar-refractivity contribution in [3.8, 4) is 11.4 Å². The Morgan fingerprint density at radius 3 is 2.69 bits per heavy atom. The minimum Gasteiger partial charge on any atom is -0.494 e. The highest BCUT2D eigenvalue weighted by Crippen LogP contribution is 2.41. The number of nitrogens with zero attached hydrogens (tertiary/aromatic N) is 9. The van der Waals surface area contributed by atoms with Crippen LogP contribution in [0.15, 0.2) is 43.1 Å². The molecule has 1 aliphatic carbocycles. The number of hydrogen-bond acceptors (Lipinski definition) is 10. The molecule has 234 valence electrons. The SMILES string of the molecule is CCOC(=O)C(C)(C)Cc1cc(C2CC2)cn2cc(Cn3cc(C(=O)NCc4c(-n5cnnn5)ccc(OC)c4F)nn3)nc12. The van der Waals surface area contributed by atoms with E-state index in [2.05, 4.69) is 43.4 Å². The predicted molar refractivity (Wildman–Crippen MR) is 157 cm³/mol. The Hall–Kier alpha value is -5.21. The predicted octanol–water partition coefficient (Wildman–Crippen LogP) is 3.04. The van der Waals surface area contributed by atoms with Gasteiger partial charge in [-0.05, 0) is 79.6 Å². The van der Waals surface area contributed by atoms with E-state index in [4.69, 9.17) is 14.5 Å². The molecule has 0 unspecified atom stereocenters. The van der Waals surface area contributed by atoms with Crippen LogP contribution in [-0.2, 0) is 29.0 Å². The average Bonchev–Trinajstić information content (AvgIpc) is 3.35. The van der Waals surface area contributed by atoms with Crippen LogP contribution in [-0.4, -0.2) is 70.2 Å². The normalized spacial score (nSPS) is 13.3. The van der Waals surface area contributed by atoms with Crippen LogP contribution >= 0.6 is 0 Å². The molecule has 1 N–H and O–H groups in total. The number of fused-ring (bicyclic) bond motifs is 1. The molecule has 0 aliphatic heterocycles. The average molecular weight is 617 g/mol. The van der Waals surface area contributed by atoms with Gasteiger partial charge in [-0.25, -0.2) is 18.7 Å². The monoisotopic (exact) mass is 616 g/mol. The number of esters is 1. The largest absolute Gasteiger partial charge is 0.494 e. The third-order valence-electron chi connectivity index (χ3n) is 7.73. The molecule has 0 atom stereocenters. The number of nitrogens with one attached hydrogen (secondary N) is 1. The molecular weight excluding hydrogens is 583 g/mol. The molecule has 0 radical (unpaired) electrons. The number of ether oxygens (including phenoxy) is 2. The second kappa shape index (κ2) is 12.1. The summed E-state index contributed by atoms with van der Waals surface area (Å²) in [6.45, 7) is 5.97. The van der Waals surface area contributed by atoms with Gasteiger partial charge in [0.2, 0.25) is 0 Å². The number of benzene rings is 1. The van der Waals surface area contributed by atoms with E-state index in [0.717, 1.165) is 24.1 Å². The number of rotatable bonds is 12. The van der Waals surface area contributed by atoms with Gasteiger partial charge in [0.1, 0.15) is 12.0 Å². The molecule has 1 aromatic carbocycles. The summed E-state index contributed by atoms with van der Waals surface area (Å²) in [7, 11) is 1.36. The second-order valence-corrected chi connectivity index (χ2v) is 11.6. The van der Waals surface area contributed by atoms with E-state index in [-0.39, 0.29) is 36.1 Å². The number of methoxy groups -OCH3 is 1. The molecule has 1 amide bonds. The van der Waals surface area contributed by atoms with Gasteiger partial charge < -0.3 is 19.2 Å². The van der Waals surface area contributed by atoms with Gasteiger partial charge in [0, 0.05) is 24.5 Å². The zero-order valence-corrected chi connectivity index (χ0v) is 25.4. The summed E-state index contributed by atoms with van der Waals surface area (Å²) in [4.78, 5) is 30.5. The Morgan fingerprint density at radius 2 is 1.98 bits per heavy atom. The first-order chi connectivity index (χ1) is 21.7. The Bertz CT molecular complexity index is 1860. The molecule has 5 aromatic rings. The Kier molecular flexibility index (Phi) is 7.99. The third-order valence-corrected chi connectivity index (χ3v) is 7.73. The van der Waals surface area contributed by atoms with E-state index in [1.54, 1.807) is 13.0 Å². The maximum Gasteiger partial charge on any atom is 0.311 e. The first-order valence-corrected chi connectivity index (χ1v) is 14.6. The fourth-order valence-electron chi connectivity index (χ4n) is 5.27. The van der Waals surface area contributed by atoms with Crippen LogP contribution in [0.1, 0.15) is 72.4 Å². The molecule has 14 nitrogen and oxygen atoms in total. The lowest BCUT2D eigenvalue weighted by molar-refractivity contribution is -0.153. The van der Waals surface area contributed by atoms with Gasteiger partial charge >= 0.3 is 5.97 Å². The summed E-state index contributed by atoms with van der Waals surface area (Å²) in [6.07, 6.45) is 9.60. The molecule has 0 bridgehead atoms. The van der Waals surface area contributed by atoms with E-state index in [1.807, 2.05) is 24.4 Å². The number of halogens is 1. The Labute approximate surface area is 257 Å². The van der Waals surface area contributed by atoms with Gasteiger partial charge in [-0.1, -0.05) is 11.3 Å². The molecule has 1 fully saturated rings. The minimum absolute atomic E-state index is 0.0198. The van der Waals surface area contributed by atoms with Crippen LogP contribution in [0.2, 0.25) is 0 Å². The highest BCUT2D eigenvalue weighted by atomic mass is 19.1. The standard InChI is InChI=1S/C30H33FN10O4/c1-5-45-29(43)30(2,3)11-19-10-20(18-6-7-18)13-39-14-21(34-27(19)39)15-40-16-23(35-37-40)28(42)32-12-22-24(41-17-33-36-38-41)8-9-25(44-4)26(22)31/h8-10,13-14,16-18H,5-7,11-12,15H2,1-4H3,(H,32,42). The van der Waals surface area contributed by atoms with Gasteiger partial charge in [0.25, 0.3) is 5.91 Å². The Morgan fingerprint density at radius 1 is 1.16 bits per heavy atom. The van der Waals surface area contributed by atoms with E-state index >= 15 is 4.39 Å². The fourth-order valence-corrected chi connectivity index (χ4v) is 5.27. The highest BCUT2D eigenvalue weighted by molar-refractivity contribution is 5.91. The molecule has 15 heteroatoms. The molecular formula is C30H33FN10O4. The van der Waals surface area contributed by atoms with Gasteiger partial charge in [0.05, 0.1) is 43.3 Å². The van der Waals surface area contributed by atoms with Crippen LogP contribution in [0, 0.1) is 11.2 Å². The van der Waals surface area contributed by atoms with Crippen molar-refractivity contribution in [3.05, 3.63) is 77.0 Å². The maximum absolute atomic E-state index is 15.2. The zero-order chi connectivity index (χ0) is 31.7. The van der Waals surface area contributed by atoms with Crippen molar-refractivity contribution in [1.82, 2.24) is 49.9 Å². The van der Waals surface area contributed by atoms with Crippen LogP contribution in [0.4, 0.5) is 4.39 Å². The van der Waals surface area contributed by atoms with Gasteiger partial charge in [-0.15, -0.1) is 10.2 Å². The van der Waals surface area contributed by atoms with E-state index < -0.39 is 17.1 Å². The first kappa shape index (κ1) is 29.8. The lowest BCUT2D eigenvalue weighted by atomic mass is 9.85. The van der Waals surface area contributed by atoms with Crippen LogP contribution < -0.4 is 10.1 Å². The Balaban J connectivity index is 1.19. The van der Waals surface area contributed by atoms with Gasteiger partial charge in [-0.3, -0.25) is 9.59 Å². The van der Waals surface area contributed by atoms with Crippen molar-refractivity contribution in [1.29, 1.82) is 0 Å². The first-order valence-electron chi connectivity index (χ1n) is 14.6. The smallest absolute Gasteiger partial charge is 0.311 e. The molecule has 4 heterocycles. The molecule has 0 spiro atoms. The zero-order valence-electron chi connectivity index (χ0n) is 25.4. The van der Waals surface area contributed by atoms with Crippen LogP contribution in [0.25, 0.3) is 11.3 Å². The number of tetrazole rings is 1. The fraction of sp³-hybridized carbons (Fsp3) is 0.400. The quantitative estimate of drug-likeness (QED) is 0.207. The summed E-state index contributed by atoms with van der Waals surface area (Å²) < 4.78 is 30.4. The summed E-state index contributed by atoms with van der Waals surface area (Å²) in [5.74, 6) is -0.905. The number of carbonyl (C=O) groups is 2. The lowest BCUT2D eigenvalue weighted by Gasteiger charge is -2.23.